The van der Waals surface area contributed by atoms with Crippen LogP contribution < -0.4 is 5.82 Å². The lowest BCUT2D eigenvalue weighted by molar-refractivity contribution is 0.220. The smallest absolute Gasteiger partial charge is 0.469 e. The van der Waals surface area contributed by atoms with Crippen molar-refractivity contribution in [3.63, 3.8) is 0 Å². The second-order valence-electron chi connectivity index (χ2n) is 1.84. The van der Waals surface area contributed by atoms with Gasteiger partial charge in [0.2, 0.25) is 0 Å². The molecule has 1 rings (SSSR count). The van der Waals surface area contributed by atoms with E-state index in [1.807, 2.05) is 0 Å². The number of aryl methyl sites for hydroxylation is 1. The molecule has 0 aliphatic heterocycles. The Kier molecular flexibility index (Phi) is 4.86. The van der Waals surface area contributed by atoms with Gasteiger partial charge in [-0.1, -0.05) is 0 Å². The third-order valence-electron chi connectivity index (χ3n) is 0.979. The third-order valence-corrected chi connectivity index (χ3v) is 0.979. The van der Waals surface area contributed by atoms with Gasteiger partial charge in [0.05, 0.1) is 0 Å². The molecule has 2 N–H and O–H groups in total. The Morgan fingerprint density at radius 2 is 2.00 bits per heavy atom. The van der Waals surface area contributed by atoms with Crippen LogP contribution in [-0.2, 0) is 6.61 Å². The van der Waals surface area contributed by atoms with Crippen molar-refractivity contribution in [3.05, 3.63) is 22.1 Å². The molecule has 6 nitrogen and oxygen atoms in total. The molecule has 0 aromatic carbocycles. The minimum Gasteiger partial charge on any atom is -0.469 e. The number of hydrogen-bond donors (Lipinski definition) is 2. The number of carbonyl (C=O) groups is 1. The predicted molar refractivity (Wildman–Crippen MR) is 41.8 cm³/mol. The second kappa shape index (κ2) is 5.39. The molecular weight excluding hydrogens is 204 g/mol. The Morgan fingerprint density at radius 1 is 1.54 bits per heavy atom. The first-order valence-corrected chi connectivity index (χ1v) is 3.44. The zero-order chi connectivity index (χ0) is 10.4. The Balaban J connectivity index is 0.000000310. The van der Waals surface area contributed by atoms with Gasteiger partial charge in [-0.25, -0.2) is 9.59 Å². The molecule has 1 aromatic heterocycles. The summed E-state index contributed by atoms with van der Waals surface area (Å²) in [7, 11) is 0. The summed E-state index contributed by atoms with van der Waals surface area (Å²) in [4.78, 5) is 19.0. The van der Waals surface area contributed by atoms with Gasteiger partial charge in [0.25, 0.3) is 0 Å². The van der Waals surface area contributed by atoms with Crippen LogP contribution in [0.15, 0.2) is 13.6 Å². The minimum atomic E-state index is -1.36. The molecule has 0 radical (unpaired) electrons. The number of aliphatic hydroxyl groups excluding tert-OH is 1. The number of halogens is 1. The summed E-state index contributed by atoms with van der Waals surface area (Å²) in [5.41, 5.74) is -1.36. The lowest BCUT2D eigenvalue weighted by Gasteiger charge is -1.82. The zero-order valence-electron chi connectivity index (χ0n) is 6.61. The van der Waals surface area contributed by atoms with Gasteiger partial charge in [0, 0.05) is 11.6 Å². The normalized spacial score (nSPS) is 8.85. The van der Waals surface area contributed by atoms with E-state index < -0.39 is 11.3 Å². The molecule has 0 aliphatic rings. The predicted octanol–water partition coefficient (Wildman–Crippen LogP) is 0.937. The Hall–Kier alpha value is -1.27. The number of hydrogen-bond acceptors (Lipinski definition) is 5. The van der Waals surface area contributed by atoms with E-state index in [0.29, 0.717) is 5.76 Å². The van der Waals surface area contributed by atoms with Gasteiger partial charge < -0.3 is 19.0 Å². The molecule has 13 heavy (non-hydrogen) atoms. The van der Waals surface area contributed by atoms with Gasteiger partial charge >= 0.3 is 11.3 Å². The zero-order valence-corrected chi connectivity index (χ0v) is 7.37. The molecule has 0 saturated carbocycles. The van der Waals surface area contributed by atoms with Gasteiger partial charge in [-0.3, -0.25) is 0 Å². The van der Waals surface area contributed by atoms with E-state index in [4.69, 9.17) is 15.0 Å². The number of rotatable bonds is 1. The van der Waals surface area contributed by atoms with E-state index >= 15 is 0 Å². The first-order valence-electron chi connectivity index (χ1n) is 3.06. The number of carboxylic acid groups (broad SMARTS) is 1. The molecule has 0 bridgehead atoms. The lowest BCUT2D eigenvalue weighted by Crippen LogP contribution is -1.86. The molecule has 1 aromatic rings. The summed E-state index contributed by atoms with van der Waals surface area (Å²) in [6, 6.07) is 0. The summed E-state index contributed by atoms with van der Waals surface area (Å²) < 4.78 is 8.81. The highest BCUT2D eigenvalue weighted by Crippen LogP contribution is 2.02. The van der Waals surface area contributed by atoms with E-state index in [1.165, 1.54) is 0 Å². The monoisotopic (exact) mass is 210 g/mol. The topological polar surface area (TPSA) is 101 Å². The molecule has 0 amide bonds. The van der Waals surface area contributed by atoms with Crippen LogP contribution in [0.4, 0.5) is 4.79 Å². The fourth-order valence-electron chi connectivity index (χ4n) is 0.519. The highest BCUT2D eigenvalue weighted by atomic mass is 35.5. The minimum absolute atomic E-state index is 0.194. The van der Waals surface area contributed by atoms with Crippen LogP contribution in [0, 0.1) is 6.92 Å². The van der Waals surface area contributed by atoms with Gasteiger partial charge in [0.1, 0.15) is 12.4 Å². The Bertz CT molecular complexity index is 320. The summed E-state index contributed by atoms with van der Waals surface area (Å²) in [6.45, 7) is 1.26. The van der Waals surface area contributed by atoms with Crippen LogP contribution >= 0.6 is 11.6 Å². The second-order valence-corrected chi connectivity index (χ2v) is 2.17. The molecule has 0 unspecified atom stereocenters. The fraction of sp³-hybridized carbons (Fsp3) is 0.333. The molecule has 0 saturated heterocycles. The molecule has 0 fully saturated rings. The molecule has 0 atom stereocenters. The largest absolute Gasteiger partial charge is 0.519 e. The van der Waals surface area contributed by atoms with E-state index in [1.54, 1.807) is 6.92 Å². The van der Waals surface area contributed by atoms with E-state index in [2.05, 4.69) is 20.4 Å². The van der Waals surface area contributed by atoms with Crippen LogP contribution in [0.2, 0.25) is 0 Å². The molecule has 1 heterocycles. The van der Waals surface area contributed by atoms with Crippen molar-refractivity contribution in [2.75, 3.05) is 0 Å². The maximum atomic E-state index is 10.2. The molecular formula is C6H7ClO6. The van der Waals surface area contributed by atoms with E-state index in [9.17, 15) is 4.79 Å². The first-order chi connectivity index (χ1) is 5.97. The van der Waals surface area contributed by atoms with Crippen molar-refractivity contribution >= 4 is 17.0 Å². The van der Waals surface area contributed by atoms with Gasteiger partial charge in [-0.2, -0.15) is 0 Å². The van der Waals surface area contributed by atoms with Crippen molar-refractivity contribution in [1.82, 2.24) is 0 Å². The third kappa shape index (κ3) is 5.05. The Labute approximate surface area is 77.3 Å². The summed E-state index contributed by atoms with van der Waals surface area (Å²) in [5, 5.41) is 15.6. The van der Waals surface area contributed by atoms with Crippen molar-refractivity contribution in [2.24, 2.45) is 0 Å². The van der Waals surface area contributed by atoms with Crippen molar-refractivity contribution in [2.45, 2.75) is 13.5 Å². The maximum Gasteiger partial charge on any atom is 0.519 e. The van der Waals surface area contributed by atoms with E-state index in [-0.39, 0.29) is 12.4 Å². The summed E-state index contributed by atoms with van der Waals surface area (Å²) in [5.74, 6) is -0.237. The molecule has 0 spiro atoms. The quantitative estimate of drug-likeness (QED) is 0.669. The summed E-state index contributed by atoms with van der Waals surface area (Å²) in [6.07, 6.45) is 0. The number of aliphatic hydroxyl groups is 1. The SMILES string of the molecule is Cc1oc(=O)oc1CO.O=C(O)Cl. The molecule has 0 aliphatic carbocycles. The Morgan fingerprint density at radius 3 is 2.15 bits per heavy atom. The van der Waals surface area contributed by atoms with Crippen molar-refractivity contribution in [1.29, 1.82) is 0 Å². The lowest BCUT2D eigenvalue weighted by atomic mass is 10.4. The standard InChI is InChI=1S/C5H6O4.CHClO2/c1-3-4(2-6)9-5(7)8-3;2-1(3)4/h6H,2H2,1H3;(H,3,4). The van der Waals surface area contributed by atoms with Crippen LogP contribution in [0.3, 0.4) is 0 Å². The fourth-order valence-corrected chi connectivity index (χ4v) is 0.519. The van der Waals surface area contributed by atoms with Gasteiger partial charge in [-0.05, 0) is 6.92 Å². The first kappa shape index (κ1) is 11.7. The highest BCUT2D eigenvalue weighted by Gasteiger charge is 2.04. The van der Waals surface area contributed by atoms with Crippen LogP contribution in [-0.4, -0.2) is 15.6 Å². The average molecular weight is 211 g/mol. The molecule has 7 heteroatoms. The molecule has 74 valence electrons. The highest BCUT2D eigenvalue weighted by molar-refractivity contribution is 6.60. The van der Waals surface area contributed by atoms with E-state index in [0.717, 1.165) is 0 Å². The van der Waals surface area contributed by atoms with Gasteiger partial charge in [-0.15, -0.1) is 0 Å². The van der Waals surface area contributed by atoms with Crippen molar-refractivity contribution < 1.29 is 23.8 Å². The van der Waals surface area contributed by atoms with Crippen LogP contribution in [0.5, 0.6) is 0 Å². The summed E-state index contributed by atoms with van der Waals surface area (Å²) >= 11 is 4.19. The van der Waals surface area contributed by atoms with Crippen LogP contribution in [0.25, 0.3) is 0 Å². The van der Waals surface area contributed by atoms with Gasteiger partial charge in [0.15, 0.2) is 5.76 Å². The maximum absolute atomic E-state index is 10.2. The van der Waals surface area contributed by atoms with Crippen molar-refractivity contribution in [3.8, 4) is 0 Å². The average Bonchev–Trinajstić information content (AvgIpc) is 2.28. The van der Waals surface area contributed by atoms with Crippen LogP contribution in [0.1, 0.15) is 11.5 Å².